The molecule has 1 aromatic carbocycles. The molecular formula is C14H20N2O2. The van der Waals surface area contributed by atoms with Gasteiger partial charge in [-0.2, -0.15) is 0 Å². The van der Waals surface area contributed by atoms with Crippen molar-refractivity contribution in [2.45, 2.75) is 32.8 Å². The minimum absolute atomic E-state index is 0.121. The molecule has 1 aromatic rings. The van der Waals surface area contributed by atoms with Crippen LogP contribution in [0, 0.1) is 12.8 Å². The van der Waals surface area contributed by atoms with Crippen molar-refractivity contribution in [1.82, 2.24) is 0 Å². The molecular weight excluding hydrogens is 228 g/mol. The van der Waals surface area contributed by atoms with E-state index in [0.29, 0.717) is 18.2 Å². The lowest BCUT2D eigenvalue weighted by Gasteiger charge is -2.15. The molecule has 1 fully saturated rings. The van der Waals surface area contributed by atoms with Gasteiger partial charge in [0.2, 0.25) is 0 Å². The molecule has 0 radical (unpaired) electrons. The third-order valence-corrected chi connectivity index (χ3v) is 3.28. The Morgan fingerprint density at radius 3 is 2.94 bits per heavy atom. The lowest BCUT2D eigenvalue weighted by Crippen LogP contribution is -2.28. The SMILES string of the molecule is Cc1c(N)cccc1NC(=O)C(C)OCC1CC1. The first-order valence-electron chi connectivity index (χ1n) is 6.35. The average molecular weight is 248 g/mol. The summed E-state index contributed by atoms with van der Waals surface area (Å²) in [6.45, 7) is 4.35. The van der Waals surface area contributed by atoms with Gasteiger partial charge in [0.25, 0.3) is 5.91 Å². The first-order chi connectivity index (χ1) is 8.58. The molecule has 0 spiro atoms. The van der Waals surface area contributed by atoms with Crippen molar-refractivity contribution in [1.29, 1.82) is 0 Å². The van der Waals surface area contributed by atoms with E-state index >= 15 is 0 Å². The van der Waals surface area contributed by atoms with Gasteiger partial charge in [0.1, 0.15) is 6.10 Å². The van der Waals surface area contributed by atoms with Crippen molar-refractivity contribution < 1.29 is 9.53 Å². The summed E-state index contributed by atoms with van der Waals surface area (Å²) in [5.41, 5.74) is 8.12. The molecule has 4 heteroatoms. The highest BCUT2D eigenvalue weighted by Crippen LogP contribution is 2.29. The van der Waals surface area contributed by atoms with Gasteiger partial charge in [0.05, 0.1) is 6.61 Å². The van der Waals surface area contributed by atoms with E-state index in [-0.39, 0.29) is 5.91 Å². The van der Waals surface area contributed by atoms with Crippen LogP contribution in [-0.2, 0) is 9.53 Å². The van der Waals surface area contributed by atoms with Gasteiger partial charge in [-0.15, -0.1) is 0 Å². The fourth-order valence-corrected chi connectivity index (χ4v) is 1.66. The molecule has 1 amide bonds. The molecule has 0 bridgehead atoms. The zero-order valence-corrected chi connectivity index (χ0v) is 10.9. The Bertz CT molecular complexity index is 441. The number of carbonyl (C=O) groups excluding carboxylic acids is 1. The summed E-state index contributed by atoms with van der Waals surface area (Å²) in [4.78, 5) is 11.9. The van der Waals surface area contributed by atoms with Crippen molar-refractivity contribution in [2.75, 3.05) is 17.7 Å². The standard InChI is InChI=1S/C14H20N2O2/c1-9-12(15)4-3-5-13(9)16-14(17)10(2)18-8-11-6-7-11/h3-5,10-11H,6-8,15H2,1-2H3,(H,16,17). The monoisotopic (exact) mass is 248 g/mol. The maximum atomic E-state index is 11.9. The minimum atomic E-state index is -0.425. The second-order valence-electron chi connectivity index (χ2n) is 4.93. The van der Waals surface area contributed by atoms with Gasteiger partial charge in [-0.3, -0.25) is 4.79 Å². The van der Waals surface area contributed by atoms with E-state index in [0.717, 1.165) is 11.3 Å². The molecule has 4 nitrogen and oxygen atoms in total. The summed E-state index contributed by atoms with van der Waals surface area (Å²) in [5, 5.41) is 2.85. The van der Waals surface area contributed by atoms with Gasteiger partial charge in [-0.1, -0.05) is 6.07 Å². The third-order valence-electron chi connectivity index (χ3n) is 3.28. The number of rotatable bonds is 5. The van der Waals surface area contributed by atoms with Gasteiger partial charge in [-0.05, 0) is 50.3 Å². The fourth-order valence-electron chi connectivity index (χ4n) is 1.66. The van der Waals surface area contributed by atoms with Gasteiger partial charge >= 0.3 is 0 Å². The van der Waals surface area contributed by atoms with Crippen molar-refractivity contribution in [3.05, 3.63) is 23.8 Å². The summed E-state index contributed by atoms with van der Waals surface area (Å²) in [5.74, 6) is 0.540. The Kier molecular flexibility index (Phi) is 3.87. The Balaban J connectivity index is 1.90. The molecule has 3 N–H and O–H groups in total. The quantitative estimate of drug-likeness (QED) is 0.786. The number of nitrogens with one attached hydrogen (secondary N) is 1. The Morgan fingerprint density at radius 2 is 2.28 bits per heavy atom. The zero-order valence-electron chi connectivity index (χ0n) is 10.9. The van der Waals surface area contributed by atoms with Gasteiger partial charge in [-0.25, -0.2) is 0 Å². The Morgan fingerprint density at radius 1 is 1.56 bits per heavy atom. The van der Waals surface area contributed by atoms with Crippen LogP contribution in [0.25, 0.3) is 0 Å². The smallest absolute Gasteiger partial charge is 0.253 e. The van der Waals surface area contributed by atoms with Crippen LogP contribution in [0.3, 0.4) is 0 Å². The molecule has 0 aromatic heterocycles. The van der Waals surface area contributed by atoms with Crippen LogP contribution in [0.15, 0.2) is 18.2 Å². The lowest BCUT2D eigenvalue weighted by molar-refractivity contribution is -0.126. The summed E-state index contributed by atoms with van der Waals surface area (Å²) in [6, 6.07) is 5.49. The molecule has 1 atom stereocenters. The maximum Gasteiger partial charge on any atom is 0.253 e. The average Bonchev–Trinajstić information content (AvgIpc) is 3.16. The second kappa shape index (κ2) is 5.40. The van der Waals surface area contributed by atoms with Crippen LogP contribution in [-0.4, -0.2) is 18.6 Å². The number of hydrogen-bond donors (Lipinski definition) is 2. The van der Waals surface area contributed by atoms with Gasteiger partial charge < -0.3 is 15.8 Å². The van der Waals surface area contributed by atoms with E-state index in [2.05, 4.69) is 5.32 Å². The number of nitrogen functional groups attached to an aromatic ring is 1. The minimum Gasteiger partial charge on any atom is -0.398 e. The maximum absolute atomic E-state index is 11.9. The molecule has 0 saturated heterocycles. The summed E-state index contributed by atoms with van der Waals surface area (Å²) < 4.78 is 5.53. The van der Waals surface area contributed by atoms with E-state index in [1.54, 1.807) is 6.92 Å². The number of nitrogens with two attached hydrogens (primary N) is 1. The first-order valence-corrected chi connectivity index (χ1v) is 6.35. The largest absolute Gasteiger partial charge is 0.398 e. The summed E-state index contributed by atoms with van der Waals surface area (Å²) >= 11 is 0. The molecule has 1 saturated carbocycles. The Labute approximate surface area is 108 Å². The number of anilines is 2. The molecule has 98 valence electrons. The van der Waals surface area contributed by atoms with Crippen LogP contribution >= 0.6 is 0 Å². The molecule has 1 aliphatic rings. The highest BCUT2D eigenvalue weighted by atomic mass is 16.5. The van der Waals surface area contributed by atoms with E-state index in [1.807, 2.05) is 25.1 Å². The molecule has 1 unspecified atom stereocenters. The summed E-state index contributed by atoms with van der Waals surface area (Å²) in [7, 11) is 0. The van der Waals surface area contributed by atoms with Gasteiger partial charge in [0, 0.05) is 11.4 Å². The number of ether oxygens (including phenoxy) is 1. The van der Waals surface area contributed by atoms with Crippen LogP contribution in [0.2, 0.25) is 0 Å². The van der Waals surface area contributed by atoms with Crippen molar-refractivity contribution in [3.63, 3.8) is 0 Å². The van der Waals surface area contributed by atoms with Crippen LogP contribution in [0.1, 0.15) is 25.3 Å². The highest BCUT2D eigenvalue weighted by molar-refractivity contribution is 5.95. The van der Waals surface area contributed by atoms with E-state index < -0.39 is 6.10 Å². The topological polar surface area (TPSA) is 64.3 Å². The molecule has 2 rings (SSSR count). The van der Waals surface area contributed by atoms with Crippen LogP contribution in [0.4, 0.5) is 11.4 Å². The van der Waals surface area contributed by atoms with E-state index in [1.165, 1.54) is 12.8 Å². The van der Waals surface area contributed by atoms with E-state index in [9.17, 15) is 4.79 Å². The molecule has 18 heavy (non-hydrogen) atoms. The van der Waals surface area contributed by atoms with Crippen molar-refractivity contribution in [2.24, 2.45) is 5.92 Å². The summed E-state index contributed by atoms with van der Waals surface area (Å²) in [6.07, 6.45) is 2.03. The van der Waals surface area contributed by atoms with Crippen LogP contribution in [0.5, 0.6) is 0 Å². The van der Waals surface area contributed by atoms with Crippen molar-refractivity contribution >= 4 is 17.3 Å². The van der Waals surface area contributed by atoms with E-state index in [4.69, 9.17) is 10.5 Å². The van der Waals surface area contributed by atoms with Gasteiger partial charge in [0.15, 0.2) is 0 Å². The lowest BCUT2D eigenvalue weighted by atomic mass is 10.1. The molecule has 1 aliphatic carbocycles. The number of hydrogen-bond acceptors (Lipinski definition) is 3. The number of benzene rings is 1. The highest BCUT2D eigenvalue weighted by Gasteiger charge is 2.24. The predicted octanol–water partition coefficient (Wildman–Crippen LogP) is 2.33. The number of amides is 1. The predicted molar refractivity (Wildman–Crippen MR) is 72.4 cm³/mol. The fraction of sp³-hybridized carbons (Fsp3) is 0.500. The Hall–Kier alpha value is -1.55. The second-order valence-corrected chi connectivity index (χ2v) is 4.93. The van der Waals surface area contributed by atoms with Crippen LogP contribution < -0.4 is 11.1 Å². The molecule has 0 heterocycles. The third kappa shape index (κ3) is 3.23. The number of carbonyl (C=O) groups is 1. The first kappa shape index (κ1) is 12.9. The normalized spacial score (nSPS) is 16.3. The molecule has 0 aliphatic heterocycles. The van der Waals surface area contributed by atoms with Crippen molar-refractivity contribution in [3.8, 4) is 0 Å². The zero-order chi connectivity index (χ0) is 13.1.